The first-order chi connectivity index (χ1) is 12.2. The van der Waals surface area contributed by atoms with Gasteiger partial charge in [0.2, 0.25) is 5.91 Å². The lowest BCUT2D eigenvalue weighted by Gasteiger charge is -2.34. The van der Waals surface area contributed by atoms with Gasteiger partial charge in [0.1, 0.15) is 0 Å². The van der Waals surface area contributed by atoms with Gasteiger partial charge in [-0.1, -0.05) is 66.7 Å². The SMILES string of the molecule is C[C@@H]1O[C@@H](/C=C/c2ccccc2)OC[C@H]1NC(=O)Cc1ccccc1. The van der Waals surface area contributed by atoms with Crippen molar-refractivity contribution < 1.29 is 14.3 Å². The summed E-state index contributed by atoms with van der Waals surface area (Å²) in [5.74, 6) is -0.0199. The smallest absolute Gasteiger partial charge is 0.224 e. The fourth-order valence-corrected chi connectivity index (χ4v) is 2.73. The van der Waals surface area contributed by atoms with Crippen molar-refractivity contribution in [2.45, 2.75) is 31.8 Å². The normalized spacial score (nSPS) is 23.5. The predicted molar refractivity (Wildman–Crippen MR) is 97.8 cm³/mol. The molecule has 1 N–H and O–H groups in total. The van der Waals surface area contributed by atoms with E-state index in [2.05, 4.69) is 5.32 Å². The van der Waals surface area contributed by atoms with Gasteiger partial charge in [0, 0.05) is 0 Å². The summed E-state index contributed by atoms with van der Waals surface area (Å²) >= 11 is 0. The fourth-order valence-electron chi connectivity index (χ4n) is 2.73. The van der Waals surface area contributed by atoms with Crippen LogP contribution in [0.3, 0.4) is 0 Å². The molecule has 0 radical (unpaired) electrons. The molecule has 4 heteroatoms. The highest BCUT2D eigenvalue weighted by molar-refractivity contribution is 5.78. The lowest BCUT2D eigenvalue weighted by molar-refractivity contribution is -0.195. The number of rotatable bonds is 5. The summed E-state index contributed by atoms with van der Waals surface area (Å²) in [6, 6.07) is 19.6. The zero-order chi connectivity index (χ0) is 17.5. The second-order valence-corrected chi connectivity index (χ2v) is 6.15. The number of hydrogen-bond acceptors (Lipinski definition) is 3. The van der Waals surface area contributed by atoms with Crippen LogP contribution in [-0.2, 0) is 20.7 Å². The maximum Gasteiger partial charge on any atom is 0.224 e. The Morgan fingerprint density at radius 3 is 2.48 bits per heavy atom. The van der Waals surface area contributed by atoms with Crippen molar-refractivity contribution >= 4 is 12.0 Å². The van der Waals surface area contributed by atoms with E-state index in [1.165, 1.54) is 0 Å². The molecule has 130 valence electrons. The Morgan fingerprint density at radius 1 is 1.12 bits per heavy atom. The Hall–Kier alpha value is -2.43. The molecule has 1 heterocycles. The molecule has 2 aromatic rings. The Morgan fingerprint density at radius 2 is 1.80 bits per heavy atom. The molecule has 1 fully saturated rings. The van der Waals surface area contributed by atoms with E-state index in [0.29, 0.717) is 13.0 Å². The molecule has 3 atom stereocenters. The quantitative estimate of drug-likeness (QED) is 0.911. The molecule has 0 unspecified atom stereocenters. The first-order valence-corrected chi connectivity index (χ1v) is 8.54. The number of nitrogens with one attached hydrogen (secondary N) is 1. The lowest BCUT2D eigenvalue weighted by atomic mass is 10.1. The summed E-state index contributed by atoms with van der Waals surface area (Å²) < 4.78 is 11.6. The van der Waals surface area contributed by atoms with Crippen molar-refractivity contribution in [3.8, 4) is 0 Å². The molecule has 1 amide bonds. The lowest BCUT2D eigenvalue weighted by Crippen LogP contribution is -2.51. The van der Waals surface area contributed by atoms with Gasteiger partial charge in [0.25, 0.3) is 0 Å². The van der Waals surface area contributed by atoms with E-state index >= 15 is 0 Å². The van der Waals surface area contributed by atoms with Crippen LogP contribution in [0.5, 0.6) is 0 Å². The Kier molecular flexibility index (Phi) is 5.99. The molecule has 0 saturated carbocycles. The minimum Gasteiger partial charge on any atom is -0.348 e. The average molecular weight is 337 g/mol. The number of benzene rings is 2. The van der Waals surface area contributed by atoms with Gasteiger partial charge in [-0.05, 0) is 24.1 Å². The van der Waals surface area contributed by atoms with Crippen molar-refractivity contribution in [2.24, 2.45) is 0 Å². The Balaban J connectivity index is 1.48. The minimum atomic E-state index is -0.391. The topological polar surface area (TPSA) is 47.6 Å². The van der Waals surface area contributed by atoms with Gasteiger partial charge < -0.3 is 14.8 Å². The summed E-state index contributed by atoms with van der Waals surface area (Å²) in [4.78, 5) is 12.2. The van der Waals surface area contributed by atoms with Crippen LogP contribution in [0, 0.1) is 0 Å². The van der Waals surface area contributed by atoms with E-state index < -0.39 is 6.29 Å². The third-order valence-electron chi connectivity index (χ3n) is 4.15. The van der Waals surface area contributed by atoms with Crippen LogP contribution in [-0.4, -0.2) is 30.9 Å². The van der Waals surface area contributed by atoms with Crippen LogP contribution in [0.25, 0.3) is 6.08 Å². The summed E-state index contributed by atoms with van der Waals surface area (Å²) in [5, 5.41) is 3.00. The van der Waals surface area contributed by atoms with Gasteiger partial charge in [-0.15, -0.1) is 0 Å². The number of carbonyl (C=O) groups is 1. The van der Waals surface area contributed by atoms with Gasteiger partial charge in [-0.25, -0.2) is 0 Å². The molecule has 0 aliphatic carbocycles. The largest absolute Gasteiger partial charge is 0.348 e. The predicted octanol–water partition coefficient (Wildman–Crippen LogP) is 3.19. The number of amides is 1. The van der Waals surface area contributed by atoms with Crippen molar-refractivity contribution in [1.29, 1.82) is 0 Å². The van der Waals surface area contributed by atoms with Gasteiger partial charge >= 0.3 is 0 Å². The molecular formula is C21H23NO3. The van der Waals surface area contributed by atoms with Crippen LogP contribution in [0.15, 0.2) is 66.7 Å². The Labute approximate surface area is 148 Å². The molecule has 1 saturated heterocycles. The fraction of sp³-hybridized carbons (Fsp3) is 0.286. The van der Waals surface area contributed by atoms with Crippen molar-refractivity contribution in [1.82, 2.24) is 5.32 Å². The Bertz CT molecular complexity index is 700. The molecule has 3 rings (SSSR count). The summed E-state index contributed by atoms with van der Waals surface area (Å²) in [7, 11) is 0. The second kappa shape index (κ2) is 8.60. The molecule has 4 nitrogen and oxygen atoms in total. The maximum absolute atomic E-state index is 12.2. The third kappa shape index (κ3) is 5.28. The number of carbonyl (C=O) groups excluding carboxylic acids is 1. The van der Waals surface area contributed by atoms with E-state index in [0.717, 1.165) is 11.1 Å². The highest BCUT2D eigenvalue weighted by Crippen LogP contribution is 2.15. The van der Waals surface area contributed by atoms with E-state index in [-0.39, 0.29) is 18.1 Å². The van der Waals surface area contributed by atoms with Gasteiger partial charge in [0.05, 0.1) is 25.2 Å². The first-order valence-electron chi connectivity index (χ1n) is 8.54. The molecule has 1 aliphatic heterocycles. The molecule has 25 heavy (non-hydrogen) atoms. The molecule has 0 spiro atoms. The molecule has 2 aromatic carbocycles. The second-order valence-electron chi connectivity index (χ2n) is 6.15. The van der Waals surface area contributed by atoms with Crippen LogP contribution in [0.2, 0.25) is 0 Å². The van der Waals surface area contributed by atoms with Crippen LogP contribution >= 0.6 is 0 Å². The maximum atomic E-state index is 12.2. The van der Waals surface area contributed by atoms with Crippen LogP contribution < -0.4 is 5.32 Å². The minimum absolute atomic E-state index is 0.0199. The third-order valence-corrected chi connectivity index (χ3v) is 4.15. The van der Waals surface area contributed by atoms with Gasteiger partial charge in [0.15, 0.2) is 6.29 Å². The van der Waals surface area contributed by atoms with Crippen LogP contribution in [0.4, 0.5) is 0 Å². The van der Waals surface area contributed by atoms with Crippen LogP contribution in [0.1, 0.15) is 18.1 Å². The molecule has 0 aromatic heterocycles. The molecular weight excluding hydrogens is 314 g/mol. The average Bonchev–Trinajstić information content (AvgIpc) is 2.64. The zero-order valence-corrected chi connectivity index (χ0v) is 14.3. The zero-order valence-electron chi connectivity index (χ0n) is 14.3. The van der Waals surface area contributed by atoms with Crippen molar-refractivity contribution in [3.05, 3.63) is 77.9 Å². The number of ether oxygens (including phenoxy) is 2. The van der Waals surface area contributed by atoms with E-state index in [1.54, 1.807) is 0 Å². The van der Waals surface area contributed by atoms with Crippen molar-refractivity contribution in [3.63, 3.8) is 0 Å². The highest BCUT2D eigenvalue weighted by atomic mass is 16.7. The molecule has 0 bridgehead atoms. The summed E-state index contributed by atoms with van der Waals surface area (Å²) in [6.45, 7) is 2.39. The number of hydrogen-bond donors (Lipinski definition) is 1. The van der Waals surface area contributed by atoms with E-state index in [4.69, 9.17) is 9.47 Å². The monoisotopic (exact) mass is 337 g/mol. The van der Waals surface area contributed by atoms with Gasteiger partial charge in [-0.3, -0.25) is 4.79 Å². The summed E-state index contributed by atoms with van der Waals surface area (Å²) in [5.41, 5.74) is 2.09. The van der Waals surface area contributed by atoms with E-state index in [1.807, 2.05) is 79.7 Å². The van der Waals surface area contributed by atoms with E-state index in [9.17, 15) is 4.79 Å². The van der Waals surface area contributed by atoms with Crippen molar-refractivity contribution in [2.75, 3.05) is 6.61 Å². The standard InChI is InChI=1S/C21H23NO3/c1-16-19(22-20(23)14-18-10-6-3-7-11-18)15-24-21(25-16)13-12-17-8-4-2-5-9-17/h2-13,16,19,21H,14-15H2,1H3,(H,22,23)/b13-12+/t16-,19+,21-/m0/s1. The molecule has 1 aliphatic rings. The first kappa shape index (κ1) is 17.4. The van der Waals surface area contributed by atoms with Gasteiger partial charge in [-0.2, -0.15) is 0 Å². The summed E-state index contributed by atoms with van der Waals surface area (Å²) in [6.07, 6.45) is 3.73. The highest BCUT2D eigenvalue weighted by Gasteiger charge is 2.28.